The topological polar surface area (TPSA) is 42.0 Å². The van der Waals surface area contributed by atoms with Crippen molar-refractivity contribution in [1.29, 1.82) is 0 Å². The Bertz CT molecular complexity index is 779. The van der Waals surface area contributed by atoms with Gasteiger partial charge in [0, 0.05) is 43.3 Å². The van der Waals surface area contributed by atoms with E-state index in [-0.39, 0.29) is 5.91 Å². The lowest BCUT2D eigenvalue weighted by molar-refractivity contribution is 0.0760. The number of hydrogen-bond acceptors (Lipinski definition) is 4. The number of carbonyl (C=O) groups is 1. The molecule has 0 N–H and O–H groups in total. The molecule has 0 unspecified atom stereocenters. The second-order valence-corrected chi connectivity index (χ2v) is 7.05. The first-order valence-electron chi connectivity index (χ1n) is 9.09. The third kappa shape index (κ3) is 4.93. The zero-order valence-electron chi connectivity index (χ0n) is 15.8. The van der Waals surface area contributed by atoms with Gasteiger partial charge in [-0.05, 0) is 42.3 Å². The maximum Gasteiger partial charge on any atom is 0.254 e. The van der Waals surface area contributed by atoms with Crippen molar-refractivity contribution in [2.24, 2.45) is 0 Å². The minimum Gasteiger partial charge on any atom is -0.493 e. The fourth-order valence-electron chi connectivity index (χ4n) is 3.33. The van der Waals surface area contributed by atoms with E-state index in [1.54, 1.807) is 32.4 Å². The van der Waals surface area contributed by atoms with Crippen LogP contribution < -0.4 is 9.47 Å². The molecule has 0 atom stereocenters. The van der Waals surface area contributed by atoms with Crippen LogP contribution in [-0.2, 0) is 6.54 Å². The van der Waals surface area contributed by atoms with Gasteiger partial charge in [-0.15, -0.1) is 0 Å². The van der Waals surface area contributed by atoms with Crippen LogP contribution in [0.25, 0.3) is 0 Å². The zero-order chi connectivity index (χ0) is 19.2. The van der Waals surface area contributed by atoms with E-state index in [9.17, 15) is 4.79 Å². The van der Waals surface area contributed by atoms with Crippen LogP contribution >= 0.6 is 11.6 Å². The Balaban J connectivity index is 1.63. The van der Waals surface area contributed by atoms with Crippen molar-refractivity contribution in [3.05, 3.63) is 58.6 Å². The van der Waals surface area contributed by atoms with Crippen LogP contribution in [0.4, 0.5) is 0 Å². The van der Waals surface area contributed by atoms with Crippen LogP contribution in [0.15, 0.2) is 42.5 Å². The van der Waals surface area contributed by atoms with Gasteiger partial charge in [0.1, 0.15) is 0 Å². The van der Waals surface area contributed by atoms with Crippen molar-refractivity contribution < 1.29 is 14.3 Å². The van der Waals surface area contributed by atoms with Gasteiger partial charge in [0.2, 0.25) is 0 Å². The van der Waals surface area contributed by atoms with Crippen LogP contribution in [0, 0.1) is 0 Å². The highest BCUT2D eigenvalue weighted by Gasteiger charge is 2.21. The first-order chi connectivity index (χ1) is 13.1. The van der Waals surface area contributed by atoms with Crippen LogP contribution in [-0.4, -0.2) is 56.1 Å². The van der Waals surface area contributed by atoms with Crippen molar-refractivity contribution in [1.82, 2.24) is 9.80 Å². The van der Waals surface area contributed by atoms with Crippen LogP contribution in [0.1, 0.15) is 22.3 Å². The highest BCUT2D eigenvalue weighted by atomic mass is 35.5. The van der Waals surface area contributed by atoms with E-state index < -0.39 is 0 Å². The van der Waals surface area contributed by atoms with Crippen LogP contribution in [0.2, 0.25) is 5.02 Å². The highest BCUT2D eigenvalue weighted by molar-refractivity contribution is 6.30. The first kappa shape index (κ1) is 19.5. The minimum absolute atomic E-state index is 0.0318. The Labute approximate surface area is 165 Å². The number of ether oxygens (including phenoxy) is 2. The molecule has 0 spiro atoms. The summed E-state index contributed by atoms with van der Waals surface area (Å²) < 4.78 is 10.6. The van der Waals surface area contributed by atoms with Gasteiger partial charge in [-0.2, -0.15) is 0 Å². The number of nitrogens with zero attached hydrogens (tertiary/aromatic N) is 2. The summed E-state index contributed by atoms with van der Waals surface area (Å²) in [5, 5.41) is 0.751. The molecule has 1 fully saturated rings. The smallest absolute Gasteiger partial charge is 0.254 e. The number of methoxy groups -OCH3 is 2. The zero-order valence-corrected chi connectivity index (χ0v) is 16.5. The van der Waals surface area contributed by atoms with Gasteiger partial charge in [-0.3, -0.25) is 9.69 Å². The standard InChI is InChI=1S/C21H25ClN2O3/c1-26-19-9-6-17(14-20(19)27-2)21(25)24-11-3-10-23(12-13-24)15-16-4-7-18(22)8-5-16/h4-9,14H,3,10-13,15H2,1-2H3. The number of halogens is 1. The van der Waals surface area contributed by atoms with E-state index in [1.165, 1.54) is 5.56 Å². The lowest BCUT2D eigenvalue weighted by atomic mass is 10.1. The third-order valence-corrected chi connectivity index (χ3v) is 5.08. The molecule has 0 aliphatic carbocycles. The molecule has 1 amide bonds. The lowest BCUT2D eigenvalue weighted by Crippen LogP contribution is -2.35. The van der Waals surface area contributed by atoms with Crippen molar-refractivity contribution in [3.63, 3.8) is 0 Å². The SMILES string of the molecule is COc1ccc(C(=O)N2CCCN(Cc3ccc(Cl)cc3)CC2)cc1OC. The number of hydrogen-bond donors (Lipinski definition) is 0. The van der Waals surface area contributed by atoms with Crippen LogP contribution in [0.3, 0.4) is 0 Å². The Morgan fingerprint density at radius 2 is 1.70 bits per heavy atom. The molecule has 5 nitrogen and oxygen atoms in total. The van der Waals surface area contributed by atoms with E-state index in [2.05, 4.69) is 17.0 Å². The molecule has 1 aliphatic rings. The average molecular weight is 389 g/mol. The Morgan fingerprint density at radius 1 is 0.963 bits per heavy atom. The Hall–Kier alpha value is -2.24. The molecule has 2 aromatic carbocycles. The Kier molecular flexibility index (Phi) is 6.58. The lowest BCUT2D eigenvalue weighted by Gasteiger charge is -2.22. The predicted molar refractivity (Wildman–Crippen MR) is 107 cm³/mol. The quantitative estimate of drug-likeness (QED) is 0.783. The summed E-state index contributed by atoms with van der Waals surface area (Å²) in [6, 6.07) is 13.3. The van der Waals surface area contributed by atoms with E-state index in [1.807, 2.05) is 17.0 Å². The monoisotopic (exact) mass is 388 g/mol. The predicted octanol–water partition coefficient (Wildman–Crippen LogP) is 3.71. The summed E-state index contributed by atoms with van der Waals surface area (Å²) in [6.45, 7) is 4.15. The summed E-state index contributed by atoms with van der Waals surface area (Å²) in [4.78, 5) is 17.2. The van der Waals surface area contributed by atoms with E-state index in [0.29, 0.717) is 23.6 Å². The van der Waals surface area contributed by atoms with Crippen molar-refractivity contribution >= 4 is 17.5 Å². The molecule has 1 saturated heterocycles. The van der Waals surface area contributed by atoms with Gasteiger partial charge in [-0.25, -0.2) is 0 Å². The molecule has 2 aromatic rings. The fraction of sp³-hybridized carbons (Fsp3) is 0.381. The summed E-state index contributed by atoms with van der Waals surface area (Å²) in [5.41, 5.74) is 1.86. The molecular weight excluding hydrogens is 364 g/mol. The minimum atomic E-state index is 0.0318. The summed E-state index contributed by atoms with van der Waals surface area (Å²) in [6.07, 6.45) is 0.951. The molecule has 0 saturated carbocycles. The largest absolute Gasteiger partial charge is 0.493 e. The number of rotatable bonds is 5. The molecule has 144 valence electrons. The summed E-state index contributed by atoms with van der Waals surface area (Å²) in [5.74, 6) is 1.23. The second-order valence-electron chi connectivity index (χ2n) is 6.62. The molecular formula is C21H25ClN2O3. The molecule has 0 aromatic heterocycles. The van der Waals surface area contributed by atoms with Gasteiger partial charge < -0.3 is 14.4 Å². The van der Waals surface area contributed by atoms with Gasteiger partial charge in [0.15, 0.2) is 11.5 Å². The summed E-state index contributed by atoms with van der Waals surface area (Å²) >= 11 is 5.96. The van der Waals surface area contributed by atoms with Gasteiger partial charge in [-0.1, -0.05) is 23.7 Å². The van der Waals surface area contributed by atoms with Crippen molar-refractivity contribution in [3.8, 4) is 11.5 Å². The molecule has 1 aliphatic heterocycles. The average Bonchev–Trinajstić information content (AvgIpc) is 2.94. The van der Waals surface area contributed by atoms with Crippen molar-refractivity contribution in [2.45, 2.75) is 13.0 Å². The molecule has 27 heavy (non-hydrogen) atoms. The number of amides is 1. The molecule has 0 bridgehead atoms. The molecule has 1 heterocycles. The number of carbonyl (C=O) groups excluding carboxylic acids is 1. The second kappa shape index (κ2) is 9.11. The van der Waals surface area contributed by atoms with Gasteiger partial charge in [0.05, 0.1) is 14.2 Å². The molecule has 6 heteroatoms. The van der Waals surface area contributed by atoms with Gasteiger partial charge in [0.25, 0.3) is 5.91 Å². The first-order valence-corrected chi connectivity index (χ1v) is 9.46. The third-order valence-electron chi connectivity index (χ3n) is 4.83. The van der Waals surface area contributed by atoms with Gasteiger partial charge >= 0.3 is 0 Å². The maximum absolute atomic E-state index is 12.9. The Morgan fingerprint density at radius 3 is 2.41 bits per heavy atom. The molecule has 3 rings (SSSR count). The van der Waals surface area contributed by atoms with E-state index in [0.717, 1.165) is 37.6 Å². The summed E-state index contributed by atoms with van der Waals surface area (Å²) in [7, 11) is 3.16. The van der Waals surface area contributed by atoms with E-state index in [4.69, 9.17) is 21.1 Å². The fourth-order valence-corrected chi connectivity index (χ4v) is 3.46. The van der Waals surface area contributed by atoms with Crippen LogP contribution in [0.5, 0.6) is 11.5 Å². The maximum atomic E-state index is 12.9. The molecule has 0 radical (unpaired) electrons. The van der Waals surface area contributed by atoms with Crippen molar-refractivity contribution in [2.75, 3.05) is 40.4 Å². The normalized spacial score (nSPS) is 15.3. The highest BCUT2D eigenvalue weighted by Crippen LogP contribution is 2.28. The number of benzene rings is 2. The van der Waals surface area contributed by atoms with E-state index >= 15 is 0 Å².